The molecule has 1 heterocycles. The Kier molecular flexibility index (Phi) is 3.85. The maximum Gasteiger partial charge on any atom is 0.251 e. The van der Waals surface area contributed by atoms with Crippen molar-refractivity contribution in [3.05, 3.63) is 47.3 Å². The lowest BCUT2D eigenvalue weighted by atomic mass is 10.2. The third kappa shape index (κ3) is 3.34. The molecule has 2 rings (SSSR count). The normalized spacial score (nSPS) is 10.3. The molecule has 1 aromatic carbocycles. The van der Waals surface area contributed by atoms with E-state index in [1.165, 1.54) is 0 Å². The maximum atomic E-state index is 12.0. The minimum atomic E-state index is -0.121. The highest BCUT2D eigenvalue weighted by Crippen LogP contribution is 2.13. The summed E-state index contributed by atoms with van der Waals surface area (Å²) in [6, 6.07) is 9.26. The second kappa shape index (κ2) is 5.56. The van der Waals surface area contributed by atoms with E-state index in [1.807, 2.05) is 44.1 Å². The predicted molar refractivity (Wildman–Crippen MR) is 73.2 cm³/mol. The number of nitrogens with zero attached hydrogens (tertiary/aromatic N) is 2. The summed E-state index contributed by atoms with van der Waals surface area (Å²) in [6.45, 7) is 2.18. The summed E-state index contributed by atoms with van der Waals surface area (Å²) in [5, 5.41) is 6.64. The van der Waals surface area contributed by atoms with Crippen molar-refractivity contribution >= 4 is 11.6 Å². The summed E-state index contributed by atoms with van der Waals surface area (Å²) in [4.78, 5) is 14.0. The number of carbonyl (C=O) groups excluding carboxylic acids is 1. The maximum absolute atomic E-state index is 12.0. The van der Waals surface area contributed by atoms with E-state index in [4.69, 9.17) is 4.52 Å². The first-order valence-corrected chi connectivity index (χ1v) is 6.04. The van der Waals surface area contributed by atoms with E-state index in [1.54, 1.807) is 12.1 Å². The third-order valence-corrected chi connectivity index (χ3v) is 2.73. The summed E-state index contributed by atoms with van der Waals surface area (Å²) in [7, 11) is 3.88. The summed E-state index contributed by atoms with van der Waals surface area (Å²) < 4.78 is 4.95. The Bertz CT molecular complexity index is 576. The Balaban J connectivity index is 2.01. The van der Waals surface area contributed by atoms with Crippen molar-refractivity contribution in [2.75, 3.05) is 19.0 Å². The van der Waals surface area contributed by atoms with Gasteiger partial charge < -0.3 is 14.7 Å². The summed E-state index contributed by atoms with van der Waals surface area (Å²) >= 11 is 0. The van der Waals surface area contributed by atoms with Crippen LogP contribution in [0.25, 0.3) is 0 Å². The van der Waals surface area contributed by atoms with Crippen LogP contribution in [0.2, 0.25) is 0 Å². The smallest absolute Gasteiger partial charge is 0.251 e. The number of aryl methyl sites for hydroxylation is 1. The summed E-state index contributed by atoms with van der Waals surface area (Å²) in [5.41, 5.74) is 2.34. The quantitative estimate of drug-likeness (QED) is 0.912. The van der Waals surface area contributed by atoms with E-state index in [-0.39, 0.29) is 5.91 Å². The highest BCUT2D eigenvalue weighted by atomic mass is 16.5. The molecule has 0 saturated heterocycles. The molecule has 1 amide bonds. The summed E-state index contributed by atoms with van der Waals surface area (Å²) in [5.74, 6) is 0.614. The van der Waals surface area contributed by atoms with Crippen LogP contribution in [0, 0.1) is 6.92 Å². The Hall–Kier alpha value is -2.30. The first kappa shape index (κ1) is 13.1. The van der Waals surface area contributed by atoms with Crippen LogP contribution in [0.1, 0.15) is 21.8 Å². The van der Waals surface area contributed by atoms with Gasteiger partial charge in [0.1, 0.15) is 11.5 Å². The van der Waals surface area contributed by atoms with Crippen LogP contribution in [0.15, 0.2) is 34.9 Å². The van der Waals surface area contributed by atoms with Crippen LogP contribution in [0.5, 0.6) is 0 Å². The lowest BCUT2D eigenvalue weighted by Gasteiger charge is -2.13. The van der Waals surface area contributed by atoms with Gasteiger partial charge in [-0.2, -0.15) is 0 Å². The molecule has 19 heavy (non-hydrogen) atoms. The average molecular weight is 259 g/mol. The van der Waals surface area contributed by atoms with E-state index in [0.29, 0.717) is 12.1 Å². The highest BCUT2D eigenvalue weighted by molar-refractivity contribution is 5.95. The van der Waals surface area contributed by atoms with Crippen LogP contribution in [0.4, 0.5) is 5.69 Å². The fourth-order valence-electron chi connectivity index (χ4n) is 1.70. The number of benzene rings is 1. The van der Waals surface area contributed by atoms with E-state index in [0.717, 1.165) is 17.1 Å². The molecular weight excluding hydrogens is 242 g/mol. The van der Waals surface area contributed by atoms with Crippen molar-refractivity contribution < 1.29 is 9.32 Å². The van der Waals surface area contributed by atoms with Crippen LogP contribution < -0.4 is 10.2 Å². The SMILES string of the molecule is Cc1cc(CNC(=O)c2cccc(N(C)C)c2)no1. The zero-order chi connectivity index (χ0) is 13.8. The van der Waals surface area contributed by atoms with Crippen LogP contribution >= 0.6 is 0 Å². The number of nitrogens with one attached hydrogen (secondary N) is 1. The largest absolute Gasteiger partial charge is 0.378 e. The molecule has 2 aromatic rings. The zero-order valence-electron chi connectivity index (χ0n) is 11.3. The summed E-state index contributed by atoms with van der Waals surface area (Å²) in [6.07, 6.45) is 0. The van der Waals surface area contributed by atoms with Crippen molar-refractivity contribution in [2.45, 2.75) is 13.5 Å². The van der Waals surface area contributed by atoms with Gasteiger partial charge in [-0.3, -0.25) is 4.79 Å². The van der Waals surface area contributed by atoms with Gasteiger partial charge in [-0.05, 0) is 25.1 Å². The molecule has 1 aromatic heterocycles. The van der Waals surface area contributed by atoms with Gasteiger partial charge in [0, 0.05) is 31.4 Å². The Morgan fingerprint density at radius 3 is 2.79 bits per heavy atom. The van der Waals surface area contributed by atoms with Gasteiger partial charge in [0.2, 0.25) is 0 Å². The topological polar surface area (TPSA) is 58.4 Å². The zero-order valence-corrected chi connectivity index (χ0v) is 11.3. The monoisotopic (exact) mass is 259 g/mol. The van der Waals surface area contributed by atoms with Crippen LogP contribution in [-0.2, 0) is 6.54 Å². The molecule has 0 bridgehead atoms. The van der Waals surface area contributed by atoms with Gasteiger partial charge in [0.25, 0.3) is 5.91 Å². The van der Waals surface area contributed by atoms with Gasteiger partial charge in [0.15, 0.2) is 0 Å². The second-order valence-corrected chi connectivity index (χ2v) is 4.56. The predicted octanol–water partition coefficient (Wildman–Crippen LogP) is 1.98. The number of anilines is 1. The van der Waals surface area contributed by atoms with Crippen molar-refractivity contribution in [1.29, 1.82) is 0 Å². The first-order chi connectivity index (χ1) is 9.06. The molecule has 0 spiro atoms. The number of hydrogen-bond donors (Lipinski definition) is 1. The number of hydrogen-bond acceptors (Lipinski definition) is 4. The molecule has 0 unspecified atom stereocenters. The third-order valence-electron chi connectivity index (χ3n) is 2.73. The van der Waals surface area contributed by atoms with Crippen LogP contribution in [-0.4, -0.2) is 25.2 Å². The second-order valence-electron chi connectivity index (χ2n) is 4.56. The van der Waals surface area contributed by atoms with Crippen molar-refractivity contribution in [3.8, 4) is 0 Å². The Labute approximate surface area is 112 Å². The molecule has 0 aliphatic rings. The molecule has 5 nitrogen and oxygen atoms in total. The van der Waals surface area contributed by atoms with Gasteiger partial charge in [-0.1, -0.05) is 11.2 Å². The van der Waals surface area contributed by atoms with E-state index >= 15 is 0 Å². The number of rotatable bonds is 4. The van der Waals surface area contributed by atoms with Crippen molar-refractivity contribution in [2.24, 2.45) is 0 Å². The fraction of sp³-hybridized carbons (Fsp3) is 0.286. The molecular formula is C14H17N3O2. The lowest BCUT2D eigenvalue weighted by molar-refractivity contribution is 0.0950. The van der Waals surface area contributed by atoms with E-state index in [9.17, 15) is 4.79 Å². The van der Waals surface area contributed by atoms with Crippen molar-refractivity contribution in [1.82, 2.24) is 10.5 Å². The molecule has 100 valence electrons. The van der Waals surface area contributed by atoms with E-state index in [2.05, 4.69) is 10.5 Å². The number of carbonyl (C=O) groups is 1. The standard InChI is InChI=1S/C14H17N3O2/c1-10-7-12(16-19-10)9-15-14(18)11-5-4-6-13(8-11)17(2)3/h4-8H,9H2,1-3H3,(H,15,18). The molecule has 0 fully saturated rings. The molecule has 0 aliphatic carbocycles. The molecule has 0 aliphatic heterocycles. The number of amides is 1. The van der Waals surface area contributed by atoms with Gasteiger partial charge in [-0.15, -0.1) is 0 Å². The lowest BCUT2D eigenvalue weighted by Crippen LogP contribution is -2.23. The molecule has 0 atom stereocenters. The van der Waals surface area contributed by atoms with Crippen LogP contribution in [0.3, 0.4) is 0 Å². The Morgan fingerprint density at radius 2 is 2.16 bits per heavy atom. The molecule has 5 heteroatoms. The van der Waals surface area contributed by atoms with Gasteiger partial charge >= 0.3 is 0 Å². The fourth-order valence-corrected chi connectivity index (χ4v) is 1.70. The number of aromatic nitrogens is 1. The minimum Gasteiger partial charge on any atom is -0.378 e. The van der Waals surface area contributed by atoms with Gasteiger partial charge in [0.05, 0.1) is 6.54 Å². The highest BCUT2D eigenvalue weighted by Gasteiger charge is 2.08. The average Bonchev–Trinajstić information content (AvgIpc) is 2.82. The first-order valence-electron chi connectivity index (χ1n) is 6.04. The Morgan fingerprint density at radius 1 is 1.37 bits per heavy atom. The van der Waals surface area contributed by atoms with E-state index < -0.39 is 0 Å². The molecule has 0 radical (unpaired) electrons. The van der Waals surface area contributed by atoms with Crippen molar-refractivity contribution in [3.63, 3.8) is 0 Å². The molecule has 0 saturated carbocycles. The van der Waals surface area contributed by atoms with Gasteiger partial charge in [-0.25, -0.2) is 0 Å². The molecule has 1 N–H and O–H groups in total. The minimum absolute atomic E-state index is 0.121.